The first kappa shape index (κ1) is 10.4. The van der Waals surface area contributed by atoms with Crippen LogP contribution in [-0.2, 0) is 11.2 Å². The SMILES string of the molecule is CCc1nnc(NC(=O)[C@H](C)Cl)s1. The molecule has 1 heterocycles. The van der Waals surface area contributed by atoms with E-state index in [0.717, 1.165) is 11.4 Å². The highest BCUT2D eigenvalue weighted by Crippen LogP contribution is 2.15. The number of alkyl halides is 1. The molecule has 0 saturated heterocycles. The Balaban J connectivity index is 2.59. The Morgan fingerprint density at radius 1 is 1.69 bits per heavy atom. The quantitative estimate of drug-likeness (QED) is 0.787. The number of carbonyl (C=O) groups is 1. The summed E-state index contributed by atoms with van der Waals surface area (Å²) in [5.41, 5.74) is 0. The smallest absolute Gasteiger partial charge is 0.243 e. The largest absolute Gasteiger partial charge is 0.299 e. The number of carbonyl (C=O) groups excluding carboxylic acids is 1. The molecule has 1 N–H and O–H groups in total. The van der Waals surface area contributed by atoms with E-state index in [2.05, 4.69) is 15.5 Å². The van der Waals surface area contributed by atoms with Crippen LogP contribution in [0.15, 0.2) is 0 Å². The molecular weight excluding hydrogens is 210 g/mol. The molecule has 1 atom stereocenters. The van der Waals surface area contributed by atoms with E-state index in [1.54, 1.807) is 6.92 Å². The first-order valence-corrected chi connectivity index (χ1v) is 5.16. The van der Waals surface area contributed by atoms with Gasteiger partial charge in [0.25, 0.3) is 0 Å². The average Bonchev–Trinajstić information content (AvgIpc) is 2.52. The lowest BCUT2D eigenvalue weighted by Gasteiger charge is -2.00. The Bertz CT molecular complexity index is 300. The van der Waals surface area contributed by atoms with E-state index in [1.165, 1.54) is 11.3 Å². The molecule has 1 amide bonds. The monoisotopic (exact) mass is 219 g/mol. The van der Waals surface area contributed by atoms with E-state index >= 15 is 0 Å². The van der Waals surface area contributed by atoms with Crippen molar-refractivity contribution in [3.05, 3.63) is 5.01 Å². The minimum absolute atomic E-state index is 0.250. The standard InChI is InChI=1S/C7H10ClN3OS/c1-3-5-10-11-7(13-5)9-6(12)4(2)8/h4H,3H2,1-2H3,(H,9,11,12)/t4-/m0/s1. The number of nitrogens with one attached hydrogen (secondary N) is 1. The van der Waals surface area contributed by atoms with Crippen LogP contribution in [0.3, 0.4) is 0 Å². The molecule has 0 bridgehead atoms. The third-order valence-corrected chi connectivity index (χ3v) is 2.54. The van der Waals surface area contributed by atoms with Crippen molar-refractivity contribution in [2.24, 2.45) is 0 Å². The fraction of sp³-hybridized carbons (Fsp3) is 0.571. The fourth-order valence-electron chi connectivity index (χ4n) is 0.652. The van der Waals surface area contributed by atoms with Crippen molar-refractivity contribution in [2.45, 2.75) is 25.6 Å². The molecule has 0 saturated carbocycles. The molecule has 1 aromatic heterocycles. The van der Waals surface area contributed by atoms with Gasteiger partial charge in [0, 0.05) is 0 Å². The first-order valence-electron chi connectivity index (χ1n) is 3.90. The summed E-state index contributed by atoms with van der Waals surface area (Å²) in [5.74, 6) is -0.250. The number of anilines is 1. The van der Waals surface area contributed by atoms with Crippen LogP contribution in [0.5, 0.6) is 0 Å². The molecule has 0 unspecified atom stereocenters. The Morgan fingerprint density at radius 2 is 2.38 bits per heavy atom. The summed E-state index contributed by atoms with van der Waals surface area (Å²) >= 11 is 6.93. The van der Waals surface area contributed by atoms with Crippen LogP contribution < -0.4 is 5.32 Å². The van der Waals surface area contributed by atoms with Gasteiger partial charge in [-0.05, 0) is 13.3 Å². The number of nitrogens with zero attached hydrogens (tertiary/aromatic N) is 2. The molecule has 0 aliphatic rings. The van der Waals surface area contributed by atoms with Gasteiger partial charge in [0.15, 0.2) is 0 Å². The van der Waals surface area contributed by atoms with Crippen molar-refractivity contribution < 1.29 is 4.79 Å². The first-order chi connectivity index (χ1) is 6.13. The molecular formula is C7H10ClN3OS. The Hall–Kier alpha value is -0.680. The van der Waals surface area contributed by atoms with Crippen molar-refractivity contribution in [1.29, 1.82) is 0 Å². The van der Waals surface area contributed by atoms with Gasteiger partial charge in [-0.25, -0.2) is 0 Å². The topological polar surface area (TPSA) is 54.9 Å². The van der Waals surface area contributed by atoms with Gasteiger partial charge in [0.05, 0.1) is 0 Å². The summed E-state index contributed by atoms with van der Waals surface area (Å²) in [4.78, 5) is 11.1. The maximum absolute atomic E-state index is 11.1. The second kappa shape index (κ2) is 4.53. The second-order valence-electron chi connectivity index (χ2n) is 2.46. The number of rotatable bonds is 3. The van der Waals surface area contributed by atoms with Gasteiger partial charge in [-0.2, -0.15) is 0 Å². The van der Waals surface area contributed by atoms with Crippen molar-refractivity contribution in [1.82, 2.24) is 10.2 Å². The molecule has 0 radical (unpaired) electrons. The Kier molecular flexibility index (Phi) is 3.62. The fourth-order valence-corrected chi connectivity index (χ4v) is 1.39. The molecule has 6 heteroatoms. The zero-order valence-electron chi connectivity index (χ0n) is 7.37. The van der Waals surface area contributed by atoms with E-state index in [0.29, 0.717) is 5.13 Å². The van der Waals surface area contributed by atoms with Gasteiger partial charge < -0.3 is 0 Å². The third kappa shape index (κ3) is 2.93. The Morgan fingerprint density at radius 3 is 2.85 bits per heavy atom. The number of halogens is 1. The molecule has 4 nitrogen and oxygen atoms in total. The van der Waals surface area contributed by atoms with Gasteiger partial charge >= 0.3 is 0 Å². The maximum atomic E-state index is 11.1. The number of aryl methyl sites for hydroxylation is 1. The van der Waals surface area contributed by atoms with Gasteiger partial charge in [0.1, 0.15) is 10.4 Å². The number of hydrogen-bond donors (Lipinski definition) is 1. The summed E-state index contributed by atoms with van der Waals surface area (Å²) in [5, 5.41) is 11.1. The normalized spacial score (nSPS) is 12.5. The zero-order valence-corrected chi connectivity index (χ0v) is 8.95. The average molecular weight is 220 g/mol. The van der Waals surface area contributed by atoms with E-state index in [-0.39, 0.29) is 5.91 Å². The lowest BCUT2D eigenvalue weighted by molar-refractivity contribution is -0.115. The number of amides is 1. The number of hydrogen-bond acceptors (Lipinski definition) is 4. The van der Waals surface area contributed by atoms with E-state index in [1.807, 2.05) is 6.92 Å². The highest BCUT2D eigenvalue weighted by molar-refractivity contribution is 7.15. The molecule has 13 heavy (non-hydrogen) atoms. The molecule has 0 aliphatic heterocycles. The molecule has 0 aromatic carbocycles. The van der Waals surface area contributed by atoms with Crippen LogP contribution in [0.4, 0.5) is 5.13 Å². The van der Waals surface area contributed by atoms with Crippen molar-refractivity contribution in [3.8, 4) is 0 Å². The highest BCUT2D eigenvalue weighted by atomic mass is 35.5. The van der Waals surface area contributed by atoms with Crippen LogP contribution in [-0.4, -0.2) is 21.5 Å². The predicted molar refractivity (Wildman–Crippen MR) is 53.2 cm³/mol. The molecule has 1 rings (SSSR count). The van der Waals surface area contributed by atoms with Gasteiger partial charge in [0.2, 0.25) is 11.0 Å². The molecule has 0 aliphatic carbocycles. The lowest BCUT2D eigenvalue weighted by atomic mass is 10.4. The predicted octanol–water partition coefficient (Wildman–Crippen LogP) is 1.67. The van der Waals surface area contributed by atoms with Crippen molar-refractivity contribution in [2.75, 3.05) is 5.32 Å². The maximum Gasteiger partial charge on any atom is 0.243 e. The van der Waals surface area contributed by atoms with Gasteiger partial charge in [-0.1, -0.05) is 18.3 Å². The summed E-state index contributed by atoms with van der Waals surface area (Å²) in [6, 6.07) is 0. The van der Waals surface area contributed by atoms with E-state index < -0.39 is 5.38 Å². The molecule has 1 aromatic rings. The molecule has 0 spiro atoms. The van der Waals surface area contributed by atoms with Crippen LogP contribution in [0, 0.1) is 0 Å². The summed E-state index contributed by atoms with van der Waals surface area (Å²) in [6.07, 6.45) is 0.823. The summed E-state index contributed by atoms with van der Waals surface area (Å²) in [7, 11) is 0. The van der Waals surface area contributed by atoms with Crippen molar-refractivity contribution >= 4 is 34.0 Å². The lowest BCUT2D eigenvalue weighted by Crippen LogP contribution is -2.20. The third-order valence-electron chi connectivity index (χ3n) is 1.36. The van der Waals surface area contributed by atoms with Crippen LogP contribution in [0.25, 0.3) is 0 Å². The van der Waals surface area contributed by atoms with Crippen LogP contribution >= 0.6 is 22.9 Å². The minimum atomic E-state index is -0.547. The van der Waals surface area contributed by atoms with Gasteiger partial charge in [-0.15, -0.1) is 21.8 Å². The van der Waals surface area contributed by atoms with E-state index in [4.69, 9.17) is 11.6 Å². The highest BCUT2D eigenvalue weighted by Gasteiger charge is 2.11. The van der Waals surface area contributed by atoms with E-state index in [9.17, 15) is 4.79 Å². The van der Waals surface area contributed by atoms with Crippen LogP contribution in [0.2, 0.25) is 0 Å². The van der Waals surface area contributed by atoms with Crippen molar-refractivity contribution in [3.63, 3.8) is 0 Å². The summed E-state index contributed by atoms with van der Waals surface area (Å²) in [6.45, 7) is 3.59. The molecule has 0 fully saturated rings. The summed E-state index contributed by atoms with van der Waals surface area (Å²) < 4.78 is 0. The number of aromatic nitrogens is 2. The minimum Gasteiger partial charge on any atom is -0.299 e. The van der Waals surface area contributed by atoms with Crippen LogP contribution in [0.1, 0.15) is 18.9 Å². The molecule has 72 valence electrons. The Labute approximate surface area is 85.3 Å². The van der Waals surface area contributed by atoms with Gasteiger partial charge in [-0.3, -0.25) is 10.1 Å². The zero-order chi connectivity index (χ0) is 9.84. The second-order valence-corrected chi connectivity index (χ2v) is 4.18.